The molecule has 1 N–H and O–H groups in total. The lowest BCUT2D eigenvalue weighted by Gasteiger charge is -2.27. The molecule has 2 rings (SSSR count). The number of quaternary nitrogens is 1. The maximum absolute atomic E-state index is 6.00. The minimum Gasteiger partial charge on any atom is -0.497 e. The van der Waals surface area contributed by atoms with Gasteiger partial charge in [-0.2, -0.15) is 0 Å². The van der Waals surface area contributed by atoms with Crippen molar-refractivity contribution in [2.24, 2.45) is 5.92 Å². The van der Waals surface area contributed by atoms with Crippen molar-refractivity contribution in [2.45, 2.75) is 26.2 Å². The quantitative estimate of drug-likeness (QED) is 0.777. The van der Waals surface area contributed by atoms with Crippen LogP contribution in [0.15, 0.2) is 30.9 Å². The van der Waals surface area contributed by atoms with E-state index in [9.17, 15) is 0 Å². The second-order valence-electron chi connectivity index (χ2n) is 6.02. The van der Waals surface area contributed by atoms with Crippen molar-refractivity contribution in [3.63, 3.8) is 0 Å². The molecular formula is C18H28NO2+. The van der Waals surface area contributed by atoms with Crippen molar-refractivity contribution in [2.75, 3.05) is 33.4 Å². The largest absolute Gasteiger partial charge is 0.497 e. The summed E-state index contributed by atoms with van der Waals surface area (Å²) in [5.74, 6) is 2.68. The maximum Gasteiger partial charge on any atom is 0.137 e. The van der Waals surface area contributed by atoms with Gasteiger partial charge >= 0.3 is 0 Å². The van der Waals surface area contributed by atoms with Gasteiger partial charge in [0.05, 0.1) is 20.2 Å². The molecule has 2 atom stereocenters. The second-order valence-corrected chi connectivity index (χ2v) is 6.02. The van der Waals surface area contributed by atoms with Gasteiger partial charge in [-0.3, -0.25) is 0 Å². The molecule has 1 heterocycles. The highest BCUT2D eigenvalue weighted by atomic mass is 16.5. The third-order valence-corrected chi connectivity index (χ3v) is 4.21. The van der Waals surface area contributed by atoms with Crippen LogP contribution in [0.2, 0.25) is 0 Å². The van der Waals surface area contributed by atoms with Gasteiger partial charge in [-0.15, -0.1) is 6.58 Å². The Morgan fingerprint density at radius 2 is 2.29 bits per heavy atom. The standard InChI is InChI=1S/C18H27NO2/c1-4-6-16-13-17(20-3)8-9-18(16)21-12-11-19-10-5-7-15(2)14-19/h4,8-9,13,15H,1,5-7,10-12,14H2,2-3H3/p+1/t15-/m0/s1. The van der Waals surface area contributed by atoms with Crippen LogP contribution in [-0.2, 0) is 6.42 Å². The fourth-order valence-electron chi connectivity index (χ4n) is 3.07. The lowest BCUT2D eigenvalue weighted by Crippen LogP contribution is -3.14. The van der Waals surface area contributed by atoms with Crippen LogP contribution in [0.5, 0.6) is 11.5 Å². The lowest BCUT2D eigenvalue weighted by atomic mass is 10.0. The fraction of sp³-hybridized carbons (Fsp3) is 0.556. The summed E-state index contributed by atoms with van der Waals surface area (Å²) in [6.45, 7) is 10.6. The molecule has 1 fully saturated rings. The molecular weight excluding hydrogens is 262 g/mol. The summed E-state index contributed by atoms with van der Waals surface area (Å²) in [6.07, 6.45) is 5.44. The first-order valence-electron chi connectivity index (χ1n) is 7.97. The summed E-state index contributed by atoms with van der Waals surface area (Å²) in [5.41, 5.74) is 1.14. The second kappa shape index (κ2) is 8.08. The predicted octanol–water partition coefficient (Wildman–Crippen LogP) is 2.12. The number of rotatable bonds is 7. The molecule has 0 amide bonds. The molecule has 1 unspecified atom stereocenters. The molecule has 0 aliphatic carbocycles. The van der Waals surface area contributed by atoms with Crippen molar-refractivity contribution < 1.29 is 14.4 Å². The highest BCUT2D eigenvalue weighted by molar-refractivity contribution is 5.41. The third-order valence-electron chi connectivity index (χ3n) is 4.21. The van der Waals surface area contributed by atoms with Crippen LogP contribution in [0.1, 0.15) is 25.3 Å². The molecule has 1 aliphatic rings. The fourth-order valence-corrected chi connectivity index (χ4v) is 3.07. The lowest BCUT2D eigenvalue weighted by molar-refractivity contribution is -0.908. The van der Waals surface area contributed by atoms with E-state index in [2.05, 4.69) is 13.5 Å². The normalized spacial score (nSPS) is 21.8. The Kier molecular flexibility index (Phi) is 6.12. The molecule has 21 heavy (non-hydrogen) atoms. The van der Waals surface area contributed by atoms with Crippen molar-refractivity contribution in [1.29, 1.82) is 0 Å². The number of ether oxygens (including phenoxy) is 2. The van der Waals surface area contributed by atoms with Crippen molar-refractivity contribution in [3.8, 4) is 11.5 Å². The first kappa shape index (κ1) is 15.9. The molecule has 1 aromatic carbocycles. The van der Waals surface area contributed by atoms with Crippen LogP contribution >= 0.6 is 0 Å². The van der Waals surface area contributed by atoms with Crippen molar-refractivity contribution in [3.05, 3.63) is 36.4 Å². The van der Waals surface area contributed by atoms with Gasteiger partial charge in [0.2, 0.25) is 0 Å². The Morgan fingerprint density at radius 3 is 3.00 bits per heavy atom. The summed E-state index contributed by atoms with van der Waals surface area (Å²) >= 11 is 0. The number of piperidine rings is 1. The Bertz CT molecular complexity index is 459. The molecule has 1 saturated heterocycles. The number of nitrogens with one attached hydrogen (secondary N) is 1. The van der Waals surface area contributed by atoms with Gasteiger partial charge in [-0.25, -0.2) is 0 Å². The van der Waals surface area contributed by atoms with E-state index in [1.807, 2.05) is 24.3 Å². The minimum absolute atomic E-state index is 0.776. The summed E-state index contributed by atoms with van der Waals surface area (Å²) in [4.78, 5) is 1.67. The van der Waals surface area contributed by atoms with Crippen molar-refractivity contribution >= 4 is 0 Å². The van der Waals surface area contributed by atoms with E-state index in [1.165, 1.54) is 25.9 Å². The highest BCUT2D eigenvalue weighted by Crippen LogP contribution is 2.24. The van der Waals surface area contributed by atoms with E-state index < -0.39 is 0 Å². The van der Waals surface area contributed by atoms with Crippen molar-refractivity contribution in [1.82, 2.24) is 0 Å². The molecule has 3 nitrogen and oxygen atoms in total. The number of hydrogen-bond acceptors (Lipinski definition) is 2. The molecule has 1 aromatic rings. The van der Waals surface area contributed by atoms with Crippen LogP contribution in [0.25, 0.3) is 0 Å². The van der Waals surface area contributed by atoms with E-state index in [-0.39, 0.29) is 0 Å². The van der Waals surface area contributed by atoms with E-state index in [1.54, 1.807) is 12.0 Å². The predicted molar refractivity (Wildman–Crippen MR) is 86.4 cm³/mol. The molecule has 0 radical (unpaired) electrons. The van der Waals surface area contributed by atoms with E-state index in [4.69, 9.17) is 9.47 Å². The van der Waals surface area contributed by atoms with E-state index >= 15 is 0 Å². The van der Waals surface area contributed by atoms with Crippen LogP contribution in [0.3, 0.4) is 0 Å². The zero-order valence-electron chi connectivity index (χ0n) is 13.4. The molecule has 0 spiro atoms. The SMILES string of the molecule is C=CCc1cc(OC)ccc1OCC[NH+]1CCC[C@H](C)C1. The summed E-state index contributed by atoms with van der Waals surface area (Å²) in [6, 6.07) is 6.00. The van der Waals surface area contributed by atoms with E-state index in [0.29, 0.717) is 0 Å². The first-order chi connectivity index (χ1) is 10.2. The Morgan fingerprint density at radius 1 is 1.43 bits per heavy atom. The molecule has 3 heteroatoms. The van der Waals surface area contributed by atoms with Crippen LogP contribution in [0.4, 0.5) is 0 Å². The van der Waals surface area contributed by atoms with Gasteiger partial charge in [0.15, 0.2) is 0 Å². The van der Waals surface area contributed by atoms with Gasteiger partial charge in [0.1, 0.15) is 24.7 Å². The zero-order chi connectivity index (χ0) is 15.1. The summed E-state index contributed by atoms with van der Waals surface area (Å²) < 4.78 is 11.3. The van der Waals surface area contributed by atoms with Gasteiger partial charge < -0.3 is 14.4 Å². The molecule has 0 saturated carbocycles. The number of likely N-dealkylation sites (tertiary alicyclic amines) is 1. The Hall–Kier alpha value is -1.48. The number of methoxy groups -OCH3 is 1. The van der Waals surface area contributed by atoms with Crippen LogP contribution in [-0.4, -0.2) is 33.4 Å². The molecule has 116 valence electrons. The van der Waals surface area contributed by atoms with E-state index in [0.717, 1.165) is 42.6 Å². The van der Waals surface area contributed by atoms with Gasteiger partial charge in [0, 0.05) is 11.5 Å². The van der Waals surface area contributed by atoms with Crippen LogP contribution < -0.4 is 14.4 Å². The highest BCUT2D eigenvalue weighted by Gasteiger charge is 2.19. The zero-order valence-corrected chi connectivity index (χ0v) is 13.4. The number of allylic oxidation sites excluding steroid dienone is 1. The Balaban J connectivity index is 1.88. The van der Waals surface area contributed by atoms with Gasteiger partial charge in [-0.1, -0.05) is 13.0 Å². The first-order valence-corrected chi connectivity index (χ1v) is 7.97. The minimum atomic E-state index is 0.776. The van der Waals surface area contributed by atoms with Gasteiger partial charge in [0.25, 0.3) is 0 Å². The summed E-state index contributed by atoms with van der Waals surface area (Å²) in [7, 11) is 1.69. The number of benzene rings is 1. The smallest absolute Gasteiger partial charge is 0.137 e. The molecule has 1 aliphatic heterocycles. The van der Waals surface area contributed by atoms with Crippen LogP contribution in [0, 0.1) is 5.92 Å². The maximum atomic E-state index is 6.00. The monoisotopic (exact) mass is 290 g/mol. The molecule has 0 aromatic heterocycles. The average Bonchev–Trinajstić information content (AvgIpc) is 2.49. The Labute approximate surface area is 128 Å². The number of hydrogen-bond donors (Lipinski definition) is 1. The molecule has 0 bridgehead atoms. The topological polar surface area (TPSA) is 22.9 Å². The third kappa shape index (κ3) is 4.78. The summed E-state index contributed by atoms with van der Waals surface area (Å²) in [5, 5.41) is 0. The van der Waals surface area contributed by atoms with Gasteiger partial charge in [-0.05, 0) is 37.5 Å². The average molecular weight is 290 g/mol.